The lowest BCUT2D eigenvalue weighted by Crippen LogP contribution is -2.55. The first kappa shape index (κ1) is 35.4. The van der Waals surface area contributed by atoms with Crippen LogP contribution in [0.4, 0.5) is 0 Å². The van der Waals surface area contributed by atoms with Crippen LogP contribution in [0.15, 0.2) is 0 Å². The van der Waals surface area contributed by atoms with Crippen LogP contribution in [0.2, 0.25) is 0 Å². The Morgan fingerprint density at radius 3 is 1.47 bits per heavy atom. The highest BCUT2D eigenvalue weighted by molar-refractivity contribution is 5.06. The van der Waals surface area contributed by atoms with E-state index in [4.69, 9.17) is 0 Å². The fraction of sp³-hybridized carbons (Fsp3) is 1.00. The topological polar surface area (TPSA) is 0 Å². The zero-order chi connectivity index (χ0) is 33.7. The molecule has 0 aromatic heterocycles. The summed E-state index contributed by atoms with van der Waals surface area (Å²) < 4.78 is 0. The van der Waals surface area contributed by atoms with Crippen molar-refractivity contribution in [2.75, 3.05) is 0 Å². The molecule has 0 heteroatoms. The zero-order valence-corrected chi connectivity index (χ0v) is 33.7. The average molecular weight is 697 g/mol. The molecule has 10 aliphatic rings. The van der Waals surface area contributed by atoms with Crippen molar-refractivity contribution < 1.29 is 0 Å². The Labute approximate surface area is 317 Å². The summed E-state index contributed by atoms with van der Waals surface area (Å²) in [5.41, 5.74) is 0. The predicted octanol–water partition coefficient (Wildman–Crippen LogP) is 15.1. The highest BCUT2D eigenvalue weighted by atomic mass is 14.6. The van der Waals surface area contributed by atoms with Crippen LogP contribution in [0, 0.1) is 107 Å². The van der Waals surface area contributed by atoms with Gasteiger partial charge in [0.25, 0.3) is 0 Å². The van der Waals surface area contributed by atoms with Crippen molar-refractivity contribution in [3.8, 4) is 0 Å². The number of rotatable bonds is 5. The smallest absolute Gasteiger partial charge is 0.0323 e. The Balaban J connectivity index is 0.889. The van der Waals surface area contributed by atoms with Crippen molar-refractivity contribution in [3.05, 3.63) is 0 Å². The third-order valence-electron chi connectivity index (χ3n) is 20.9. The SMILES string of the molecule is C1CCC(CC2CCC3C(C2)C(C2CCC(C4CC5CCCCC5C5CCCCC45)CC2)C2CCCCC2C3C2CCC3CCCCC3C2)CC1. The second-order valence-corrected chi connectivity index (χ2v) is 22.8. The molecule has 10 fully saturated rings. The van der Waals surface area contributed by atoms with Crippen molar-refractivity contribution in [2.24, 2.45) is 107 Å². The molecule has 10 rings (SSSR count). The third kappa shape index (κ3) is 7.03. The third-order valence-corrected chi connectivity index (χ3v) is 20.9. The van der Waals surface area contributed by atoms with E-state index in [0.717, 1.165) is 107 Å². The van der Waals surface area contributed by atoms with E-state index in [9.17, 15) is 0 Å². The summed E-state index contributed by atoms with van der Waals surface area (Å²) in [5, 5.41) is 0. The number of hydrogen-bond acceptors (Lipinski definition) is 0. The first-order chi connectivity index (χ1) is 25.3. The van der Waals surface area contributed by atoms with E-state index in [1.54, 1.807) is 205 Å². The lowest BCUT2D eigenvalue weighted by Gasteiger charge is -2.62. The first-order valence-electron chi connectivity index (χ1n) is 25.3. The Bertz CT molecular complexity index is 1110. The molecule has 0 bridgehead atoms. The largest absolute Gasteiger partial charge is 0.0533 e. The highest BCUT2D eigenvalue weighted by Gasteiger charge is 2.57. The van der Waals surface area contributed by atoms with Crippen LogP contribution < -0.4 is 0 Å². The van der Waals surface area contributed by atoms with Gasteiger partial charge in [0.15, 0.2) is 0 Å². The monoisotopic (exact) mass is 697 g/mol. The molecule has 0 heterocycles. The molecule has 51 heavy (non-hydrogen) atoms. The Hall–Kier alpha value is 0. The molecule has 0 saturated heterocycles. The first-order valence-corrected chi connectivity index (χ1v) is 25.3. The summed E-state index contributed by atoms with van der Waals surface area (Å²) in [5.74, 6) is 20.3. The molecule has 0 aliphatic heterocycles. The maximum Gasteiger partial charge on any atom is -0.0323 e. The fourth-order valence-corrected chi connectivity index (χ4v) is 19.2. The van der Waals surface area contributed by atoms with Gasteiger partial charge in [-0.05, 0) is 209 Å². The Kier molecular flexibility index (Phi) is 11.0. The van der Waals surface area contributed by atoms with E-state index in [2.05, 4.69) is 0 Å². The second kappa shape index (κ2) is 15.9. The van der Waals surface area contributed by atoms with Gasteiger partial charge >= 0.3 is 0 Å². The summed E-state index contributed by atoms with van der Waals surface area (Å²) in [6.45, 7) is 0. The van der Waals surface area contributed by atoms with Gasteiger partial charge in [0.2, 0.25) is 0 Å². The van der Waals surface area contributed by atoms with E-state index in [-0.39, 0.29) is 0 Å². The van der Waals surface area contributed by atoms with Crippen LogP contribution in [0.25, 0.3) is 0 Å². The molecule has 15 atom stereocenters. The van der Waals surface area contributed by atoms with E-state index in [0.29, 0.717) is 0 Å². The molecule has 0 spiro atoms. The fourth-order valence-electron chi connectivity index (χ4n) is 19.2. The minimum absolute atomic E-state index is 1.09. The Morgan fingerprint density at radius 2 is 0.725 bits per heavy atom. The van der Waals surface area contributed by atoms with Crippen LogP contribution in [0.1, 0.15) is 212 Å². The molecule has 10 aliphatic carbocycles. The van der Waals surface area contributed by atoms with Gasteiger partial charge in [0, 0.05) is 0 Å². The molecular formula is C51H84. The highest BCUT2D eigenvalue weighted by Crippen LogP contribution is 2.65. The summed E-state index contributed by atoms with van der Waals surface area (Å²) in [7, 11) is 0. The van der Waals surface area contributed by atoms with Crippen molar-refractivity contribution in [1.29, 1.82) is 0 Å². The molecule has 0 aromatic carbocycles. The molecule has 0 amide bonds. The van der Waals surface area contributed by atoms with E-state index >= 15 is 0 Å². The van der Waals surface area contributed by atoms with E-state index in [1.165, 1.54) is 6.42 Å². The molecule has 10 saturated carbocycles. The summed E-state index contributed by atoms with van der Waals surface area (Å²) in [6.07, 6.45) is 53.2. The van der Waals surface area contributed by atoms with Crippen LogP contribution in [0.5, 0.6) is 0 Å². The van der Waals surface area contributed by atoms with Crippen molar-refractivity contribution in [2.45, 2.75) is 212 Å². The Morgan fingerprint density at radius 1 is 0.216 bits per heavy atom. The van der Waals surface area contributed by atoms with Gasteiger partial charge in [0.1, 0.15) is 0 Å². The molecule has 0 N–H and O–H groups in total. The summed E-state index contributed by atoms with van der Waals surface area (Å²) in [4.78, 5) is 0. The van der Waals surface area contributed by atoms with Crippen LogP contribution in [-0.2, 0) is 0 Å². The maximum atomic E-state index is 1.69. The van der Waals surface area contributed by atoms with Crippen LogP contribution in [-0.4, -0.2) is 0 Å². The quantitative estimate of drug-likeness (QED) is 0.268. The normalized spacial score (nSPS) is 52.4. The lowest BCUT2D eigenvalue weighted by atomic mass is 9.43. The van der Waals surface area contributed by atoms with Gasteiger partial charge in [0.05, 0.1) is 0 Å². The molecular weight excluding hydrogens is 613 g/mol. The number of fused-ring (bicyclic) bond motifs is 6. The van der Waals surface area contributed by atoms with Crippen molar-refractivity contribution >= 4 is 0 Å². The van der Waals surface area contributed by atoms with Crippen LogP contribution >= 0.6 is 0 Å². The minimum Gasteiger partial charge on any atom is -0.0533 e. The van der Waals surface area contributed by atoms with Gasteiger partial charge in [-0.2, -0.15) is 0 Å². The van der Waals surface area contributed by atoms with Crippen LogP contribution in [0.3, 0.4) is 0 Å². The van der Waals surface area contributed by atoms with Gasteiger partial charge < -0.3 is 0 Å². The van der Waals surface area contributed by atoms with Crippen molar-refractivity contribution in [3.63, 3.8) is 0 Å². The van der Waals surface area contributed by atoms with Gasteiger partial charge in [-0.3, -0.25) is 0 Å². The summed E-state index contributed by atoms with van der Waals surface area (Å²) >= 11 is 0. The second-order valence-electron chi connectivity index (χ2n) is 22.8. The molecule has 15 unspecified atom stereocenters. The zero-order valence-electron chi connectivity index (χ0n) is 33.7. The van der Waals surface area contributed by atoms with E-state index in [1.807, 2.05) is 0 Å². The van der Waals surface area contributed by atoms with E-state index < -0.39 is 0 Å². The van der Waals surface area contributed by atoms with Gasteiger partial charge in [-0.15, -0.1) is 0 Å². The van der Waals surface area contributed by atoms with Gasteiger partial charge in [-0.1, -0.05) is 109 Å². The number of hydrogen-bond donors (Lipinski definition) is 0. The minimum atomic E-state index is 1.09. The molecule has 288 valence electrons. The molecule has 0 aromatic rings. The molecule has 0 nitrogen and oxygen atoms in total. The standard InChI is InChI=1S/C51H84/c1-2-12-34(13-3-1)30-35-22-29-47-49(31-35)50(45-20-10-11-21-46(45)51(47)41-28-23-36-14-4-5-15-39(36)32-41)38-26-24-37(25-27-38)48-33-40-16-6-7-17-42(40)43-18-8-9-19-44(43)48/h34-51H,1-33H2. The predicted molar refractivity (Wildman–Crippen MR) is 215 cm³/mol. The van der Waals surface area contributed by atoms with Gasteiger partial charge in [-0.25, -0.2) is 0 Å². The maximum absolute atomic E-state index is 1.69. The lowest BCUT2D eigenvalue weighted by molar-refractivity contribution is -0.129. The molecule has 0 radical (unpaired) electrons. The summed E-state index contributed by atoms with van der Waals surface area (Å²) in [6, 6.07) is 0. The van der Waals surface area contributed by atoms with Crippen molar-refractivity contribution in [1.82, 2.24) is 0 Å². The average Bonchev–Trinajstić information content (AvgIpc) is 3.20.